The maximum atomic E-state index is 12.3. The highest BCUT2D eigenvalue weighted by Crippen LogP contribution is 2.23. The monoisotopic (exact) mass is 401 g/mol. The maximum absolute atomic E-state index is 12.3. The molecule has 25 heavy (non-hydrogen) atoms. The number of nitrogens with zero attached hydrogens (tertiary/aromatic N) is 5. The van der Waals surface area contributed by atoms with Crippen LogP contribution >= 0.6 is 15.9 Å². The fourth-order valence-corrected chi connectivity index (χ4v) is 2.83. The van der Waals surface area contributed by atoms with Crippen molar-refractivity contribution in [3.8, 4) is 5.95 Å². The Morgan fingerprint density at radius 3 is 2.72 bits per heavy atom. The SMILES string of the molecule is Cc1ccc(NC(=O)N[C@@H](C)c2ncnn2-c2ncccn2)c(Br)c1. The largest absolute Gasteiger partial charge is 0.328 e. The van der Waals surface area contributed by atoms with E-state index >= 15 is 0 Å². The molecule has 9 heteroatoms. The molecule has 1 aromatic carbocycles. The molecule has 0 radical (unpaired) electrons. The Hall–Kier alpha value is -2.81. The molecule has 2 heterocycles. The standard InChI is InChI=1S/C16H16BrN7O/c1-10-4-5-13(12(17)8-10)23-16(25)22-11(2)14-20-9-21-24(14)15-18-6-3-7-19-15/h3-9,11H,1-2H3,(H2,22,23,25)/t11-/m0/s1. The summed E-state index contributed by atoms with van der Waals surface area (Å²) in [7, 11) is 0. The van der Waals surface area contributed by atoms with Gasteiger partial charge in [0.2, 0.25) is 0 Å². The lowest BCUT2D eigenvalue weighted by Crippen LogP contribution is -2.32. The summed E-state index contributed by atoms with van der Waals surface area (Å²) < 4.78 is 2.31. The summed E-state index contributed by atoms with van der Waals surface area (Å²) in [5.41, 5.74) is 1.78. The van der Waals surface area contributed by atoms with Gasteiger partial charge in [-0.3, -0.25) is 0 Å². The molecule has 2 N–H and O–H groups in total. The predicted molar refractivity (Wildman–Crippen MR) is 96.4 cm³/mol. The van der Waals surface area contributed by atoms with E-state index in [1.54, 1.807) is 18.5 Å². The number of nitrogens with one attached hydrogen (secondary N) is 2. The van der Waals surface area contributed by atoms with Crippen LogP contribution in [0.2, 0.25) is 0 Å². The molecule has 2 aromatic heterocycles. The molecule has 0 fully saturated rings. The first-order chi connectivity index (χ1) is 12.0. The van der Waals surface area contributed by atoms with Gasteiger partial charge in [-0.2, -0.15) is 9.78 Å². The van der Waals surface area contributed by atoms with E-state index in [0.717, 1.165) is 10.0 Å². The number of benzene rings is 1. The molecule has 0 aliphatic heterocycles. The van der Waals surface area contributed by atoms with Gasteiger partial charge < -0.3 is 10.6 Å². The zero-order valence-corrected chi connectivity index (χ0v) is 15.2. The number of amides is 2. The number of aromatic nitrogens is 5. The van der Waals surface area contributed by atoms with Crippen LogP contribution in [0.4, 0.5) is 10.5 Å². The van der Waals surface area contributed by atoms with E-state index in [4.69, 9.17) is 0 Å². The van der Waals surface area contributed by atoms with Crippen molar-refractivity contribution in [2.24, 2.45) is 0 Å². The first-order valence-electron chi connectivity index (χ1n) is 7.55. The van der Waals surface area contributed by atoms with Gasteiger partial charge in [-0.25, -0.2) is 19.7 Å². The van der Waals surface area contributed by atoms with Crippen molar-refractivity contribution >= 4 is 27.6 Å². The predicted octanol–water partition coefficient (Wildman–Crippen LogP) is 3.01. The molecule has 2 amide bonds. The Labute approximate surface area is 152 Å². The van der Waals surface area contributed by atoms with Crippen LogP contribution in [0.5, 0.6) is 0 Å². The van der Waals surface area contributed by atoms with Crippen molar-refractivity contribution in [3.63, 3.8) is 0 Å². The zero-order chi connectivity index (χ0) is 17.8. The lowest BCUT2D eigenvalue weighted by molar-refractivity contribution is 0.248. The van der Waals surface area contributed by atoms with Crippen LogP contribution in [-0.2, 0) is 0 Å². The number of halogens is 1. The van der Waals surface area contributed by atoms with Gasteiger partial charge in [-0.15, -0.1) is 0 Å². The molecule has 0 unspecified atom stereocenters. The van der Waals surface area contributed by atoms with E-state index in [0.29, 0.717) is 17.5 Å². The summed E-state index contributed by atoms with van der Waals surface area (Å²) in [6.45, 7) is 3.79. The van der Waals surface area contributed by atoms with Gasteiger partial charge in [0.15, 0.2) is 5.82 Å². The first kappa shape index (κ1) is 17.0. The van der Waals surface area contributed by atoms with Crippen molar-refractivity contribution in [1.29, 1.82) is 0 Å². The number of urea groups is 1. The van der Waals surface area contributed by atoms with Gasteiger partial charge in [-0.1, -0.05) is 6.07 Å². The molecule has 1 atom stereocenters. The number of anilines is 1. The zero-order valence-electron chi connectivity index (χ0n) is 13.6. The second kappa shape index (κ2) is 7.39. The fourth-order valence-electron chi connectivity index (χ4n) is 2.24. The molecule has 3 aromatic rings. The Morgan fingerprint density at radius 2 is 2.00 bits per heavy atom. The smallest absolute Gasteiger partial charge is 0.319 e. The van der Waals surface area contributed by atoms with Crippen LogP contribution in [0.3, 0.4) is 0 Å². The van der Waals surface area contributed by atoms with E-state index in [1.807, 2.05) is 32.0 Å². The molecule has 0 aliphatic rings. The summed E-state index contributed by atoms with van der Waals surface area (Å²) in [4.78, 5) is 24.8. The fraction of sp³-hybridized carbons (Fsp3) is 0.188. The minimum Gasteiger partial charge on any atom is -0.328 e. The molecular weight excluding hydrogens is 386 g/mol. The van der Waals surface area contributed by atoms with Crippen molar-refractivity contribution in [3.05, 3.63) is 58.8 Å². The lowest BCUT2D eigenvalue weighted by atomic mass is 10.2. The highest BCUT2D eigenvalue weighted by atomic mass is 79.9. The van der Waals surface area contributed by atoms with Crippen LogP contribution in [0.1, 0.15) is 24.4 Å². The third-order valence-electron chi connectivity index (χ3n) is 3.42. The van der Waals surface area contributed by atoms with Crippen molar-refractivity contribution < 1.29 is 4.79 Å². The van der Waals surface area contributed by atoms with Crippen LogP contribution in [0, 0.1) is 6.92 Å². The van der Waals surface area contributed by atoms with Gasteiger partial charge in [0, 0.05) is 16.9 Å². The van der Waals surface area contributed by atoms with Crippen molar-refractivity contribution in [2.75, 3.05) is 5.32 Å². The average Bonchev–Trinajstić information content (AvgIpc) is 3.08. The van der Waals surface area contributed by atoms with Crippen molar-refractivity contribution in [2.45, 2.75) is 19.9 Å². The number of carbonyl (C=O) groups excluding carboxylic acids is 1. The highest BCUT2D eigenvalue weighted by Gasteiger charge is 2.18. The summed E-state index contributed by atoms with van der Waals surface area (Å²) in [5.74, 6) is 0.926. The van der Waals surface area contributed by atoms with Gasteiger partial charge >= 0.3 is 6.03 Å². The molecule has 3 rings (SSSR count). The molecule has 0 aliphatic carbocycles. The van der Waals surface area contributed by atoms with Crippen LogP contribution in [0.15, 0.2) is 47.5 Å². The quantitative estimate of drug-likeness (QED) is 0.699. The number of rotatable bonds is 4. The number of carbonyl (C=O) groups is 1. The van der Waals surface area contributed by atoms with Gasteiger partial charge in [-0.05, 0) is 53.5 Å². The molecule has 0 bridgehead atoms. The average molecular weight is 402 g/mol. The number of hydrogen-bond acceptors (Lipinski definition) is 5. The topological polar surface area (TPSA) is 97.6 Å². The van der Waals surface area contributed by atoms with Crippen LogP contribution in [0.25, 0.3) is 5.95 Å². The van der Waals surface area contributed by atoms with Crippen LogP contribution in [-0.4, -0.2) is 30.8 Å². The summed E-state index contributed by atoms with van der Waals surface area (Å²) in [6.07, 6.45) is 4.64. The number of hydrogen-bond donors (Lipinski definition) is 2. The van der Waals surface area contributed by atoms with E-state index < -0.39 is 6.04 Å². The Kier molecular flexibility index (Phi) is 5.03. The number of aryl methyl sites for hydroxylation is 1. The first-order valence-corrected chi connectivity index (χ1v) is 8.35. The van der Waals surface area contributed by atoms with E-state index in [1.165, 1.54) is 11.0 Å². The molecule has 0 spiro atoms. The minimum absolute atomic E-state index is 0.347. The lowest BCUT2D eigenvalue weighted by Gasteiger charge is -2.15. The highest BCUT2D eigenvalue weighted by molar-refractivity contribution is 9.10. The Balaban J connectivity index is 1.71. The maximum Gasteiger partial charge on any atom is 0.319 e. The molecule has 0 saturated carbocycles. The van der Waals surface area contributed by atoms with Gasteiger partial charge in [0.05, 0.1) is 11.7 Å². The van der Waals surface area contributed by atoms with E-state index in [-0.39, 0.29) is 6.03 Å². The normalized spacial score (nSPS) is 11.8. The van der Waals surface area contributed by atoms with Crippen LogP contribution < -0.4 is 10.6 Å². The molecular formula is C16H16BrN7O. The minimum atomic E-state index is -0.393. The molecule has 8 nitrogen and oxygen atoms in total. The summed E-state index contributed by atoms with van der Waals surface area (Å²) in [5, 5.41) is 9.76. The van der Waals surface area contributed by atoms with Crippen molar-refractivity contribution in [1.82, 2.24) is 30.0 Å². The molecule has 0 saturated heterocycles. The third-order valence-corrected chi connectivity index (χ3v) is 4.08. The van der Waals surface area contributed by atoms with Gasteiger partial charge in [0.25, 0.3) is 5.95 Å². The Morgan fingerprint density at radius 1 is 1.24 bits per heavy atom. The second-order valence-electron chi connectivity index (χ2n) is 5.38. The van der Waals surface area contributed by atoms with E-state index in [2.05, 4.69) is 46.6 Å². The summed E-state index contributed by atoms with van der Waals surface area (Å²) >= 11 is 3.44. The van der Waals surface area contributed by atoms with Gasteiger partial charge in [0.1, 0.15) is 6.33 Å². The second-order valence-corrected chi connectivity index (χ2v) is 6.24. The summed E-state index contributed by atoms with van der Waals surface area (Å²) in [6, 6.07) is 6.67. The molecule has 128 valence electrons. The van der Waals surface area contributed by atoms with E-state index in [9.17, 15) is 4.79 Å². The third kappa shape index (κ3) is 4.00. The Bertz CT molecular complexity index is 881.